The Morgan fingerprint density at radius 1 is 1.00 bits per heavy atom. The first kappa shape index (κ1) is 20.4. The molecule has 0 saturated carbocycles. The van der Waals surface area contributed by atoms with Crippen LogP contribution in [0.2, 0.25) is 0 Å². The van der Waals surface area contributed by atoms with E-state index in [0.29, 0.717) is 38.8 Å². The van der Waals surface area contributed by atoms with Crippen LogP contribution in [-0.2, 0) is 22.4 Å². The fraction of sp³-hybridized carbons (Fsp3) is 0.280. The lowest BCUT2D eigenvalue weighted by Gasteiger charge is -2.26. The molecule has 4 rings (SSSR count). The number of thiophene rings is 1. The second-order valence-corrected chi connectivity index (χ2v) is 9.00. The summed E-state index contributed by atoms with van der Waals surface area (Å²) in [6.45, 7) is 0.986. The fourth-order valence-electron chi connectivity index (χ4n) is 4.24. The summed E-state index contributed by atoms with van der Waals surface area (Å²) < 4.78 is 0. The SMILES string of the molecule is NC(=O)C1(Cc2cccc(-c3cccs3)c2)CCN(C(=O)CCc2ccccc2)C1. The molecule has 0 radical (unpaired) electrons. The largest absolute Gasteiger partial charge is 0.369 e. The first-order valence-electron chi connectivity index (χ1n) is 10.3. The smallest absolute Gasteiger partial charge is 0.225 e. The molecule has 1 aliphatic rings. The van der Waals surface area contributed by atoms with E-state index in [1.807, 2.05) is 53.4 Å². The molecule has 2 amide bonds. The van der Waals surface area contributed by atoms with Crippen molar-refractivity contribution in [1.82, 2.24) is 4.90 Å². The van der Waals surface area contributed by atoms with Gasteiger partial charge >= 0.3 is 0 Å². The zero-order valence-corrected chi connectivity index (χ0v) is 17.7. The number of carbonyl (C=O) groups excluding carboxylic acids is 2. The monoisotopic (exact) mass is 418 g/mol. The summed E-state index contributed by atoms with van der Waals surface area (Å²) in [6, 6.07) is 22.4. The van der Waals surface area contributed by atoms with Gasteiger partial charge in [-0.05, 0) is 47.4 Å². The molecule has 0 bridgehead atoms. The molecule has 1 saturated heterocycles. The quantitative estimate of drug-likeness (QED) is 0.622. The van der Waals surface area contributed by atoms with Gasteiger partial charge in [0.15, 0.2) is 0 Å². The molecule has 2 heterocycles. The van der Waals surface area contributed by atoms with E-state index in [-0.39, 0.29) is 11.8 Å². The third-order valence-corrected chi connectivity index (χ3v) is 6.89. The Bertz CT molecular complexity index is 1020. The highest BCUT2D eigenvalue weighted by molar-refractivity contribution is 7.13. The molecule has 3 aromatic rings. The summed E-state index contributed by atoms with van der Waals surface area (Å²) in [5, 5.41) is 2.06. The molecular formula is C25H26N2O2S. The Morgan fingerprint density at radius 2 is 1.80 bits per heavy atom. The van der Waals surface area contributed by atoms with Gasteiger partial charge in [0.2, 0.25) is 11.8 Å². The summed E-state index contributed by atoms with van der Waals surface area (Å²) in [7, 11) is 0. The minimum atomic E-state index is -0.698. The van der Waals surface area contributed by atoms with Crippen LogP contribution in [0.3, 0.4) is 0 Å². The standard InChI is InChI=1S/C25H26N2O2S/c26-24(29)25(17-20-8-4-9-21(16-20)22-10-5-15-30-22)13-14-27(18-25)23(28)12-11-19-6-2-1-3-7-19/h1-10,15-16H,11-14,17-18H2,(H2,26,29). The van der Waals surface area contributed by atoms with Crippen LogP contribution in [0.25, 0.3) is 10.4 Å². The van der Waals surface area contributed by atoms with Gasteiger partial charge in [-0.3, -0.25) is 9.59 Å². The third-order valence-electron chi connectivity index (χ3n) is 5.97. The molecule has 154 valence electrons. The summed E-state index contributed by atoms with van der Waals surface area (Å²) >= 11 is 1.70. The number of nitrogens with zero attached hydrogens (tertiary/aromatic N) is 1. The van der Waals surface area contributed by atoms with Crippen molar-refractivity contribution in [3.63, 3.8) is 0 Å². The molecule has 4 nitrogen and oxygen atoms in total. The van der Waals surface area contributed by atoms with Crippen LogP contribution >= 0.6 is 11.3 Å². The molecule has 1 aliphatic heterocycles. The number of nitrogens with two attached hydrogens (primary N) is 1. The highest BCUT2D eigenvalue weighted by atomic mass is 32.1. The number of amides is 2. The van der Waals surface area contributed by atoms with Crippen molar-refractivity contribution >= 4 is 23.2 Å². The first-order valence-corrected chi connectivity index (χ1v) is 11.2. The van der Waals surface area contributed by atoms with Crippen LogP contribution in [0, 0.1) is 5.41 Å². The molecule has 1 aromatic heterocycles. The zero-order valence-electron chi connectivity index (χ0n) is 16.9. The van der Waals surface area contributed by atoms with Crippen molar-refractivity contribution in [2.75, 3.05) is 13.1 Å². The highest BCUT2D eigenvalue weighted by Crippen LogP contribution is 2.36. The van der Waals surface area contributed by atoms with Gasteiger partial charge in [-0.25, -0.2) is 0 Å². The van der Waals surface area contributed by atoms with Gasteiger partial charge < -0.3 is 10.6 Å². The van der Waals surface area contributed by atoms with Crippen LogP contribution in [0.5, 0.6) is 0 Å². The molecule has 30 heavy (non-hydrogen) atoms. The number of hydrogen-bond donors (Lipinski definition) is 1. The topological polar surface area (TPSA) is 63.4 Å². The van der Waals surface area contributed by atoms with Crippen LogP contribution in [-0.4, -0.2) is 29.8 Å². The van der Waals surface area contributed by atoms with Crippen molar-refractivity contribution < 1.29 is 9.59 Å². The minimum Gasteiger partial charge on any atom is -0.369 e. The van der Waals surface area contributed by atoms with E-state index in [1.54, 1.807) is 11.3 Å². The summed E-state index contributed by atoms with van der Waals surface area (Å²) in [6.07, 6.45) is 2.34. The van der Waals surface area contributed by atoms with Crippen molar-refractivity contribution in [3.8, 4) is 10.4 Å². The molecular weight excluding hydrogens is 392 g/mol. The Balaban J connectivity index is 1.44. The average Bonchev–Trinajstić information content (AvgIpc) is 3.44. The zero-order chi connectivity index (χ0) is 21.0. The predicted octanol–water partition coefficient (Wildman–Crippen LogP) is 4.29. The molecule has 1 unspecified atom stereocenters. The maximum absolute atomic E-state index is 12.8. The molecule has 1 atom stereocenters. The molecule has 2 aromatic carbocycles. The molecule has 1 fully saturated rings. The summed E-state index contributed by atoms with van der Waals surface area (Å²) in [5.41, 5.74) is 8.55. The van der Waals surface area contributed by atoms with Crippen molar-refractivity contribution in [3.05, 3.63) is 83.2 Å². The van der Waals surface area contributed by atoms with E-state index >= 15 is 0 Å². The Hall–Kier alpha value is -2.92. The van der Waals surface area contributed by atoms with Gasteiger partial charge in [0.05, 0.1) is 5.41 Å². The van der Waals surface area contributed by atoms with Gasteiger partial charge in [-0.2, -0.15) is 0 Å². The maximum Gasteiger partial charge on any atom is 0.225 e. The van der Waals surface area contributed by atoms with Gasteiger partial charge in [-0.1, -0.05) is 60.7 Å². The van der Waals surface area contributed by atoms with Gasteiger partial charge in [-0.15, -0.1) is 11.3 Å². The van der Waals surface area contributed by atoms with E-state index in [9.17, 15) is 9.59 Å². The predicted molar refractivity (Wildman–Crippen MR) is 121 cm³/mol. The molecule has 2 N–H and O–H groups in total. The van der Waals surface area contributed by atoms with Gasteiger partial charge in [0, 0.05) is 24.4 Å². The number of hydrogen-bond acceptors (Lipinski definition) is 3. The Labute approximate surface area is 181 Å². The van der Waals surface area contributed by atoms with E-state index in [2.05, 4.69) is 23.6 Å². The maximum atomic E-state index is 12.8. The number of rotatable bonds is 7. The van der Waals surface area contributed by atoms with Crippen LogP contribution in [0.4, 0.5) is 0 Å². The average molecular weight is 419 g/mol. The number of aryl methyl sites for hydroxylation is 1. The van der Waals surface area contributed by atoms with Gasteiger partial charge in [0.25, 0.3) is 0 Å². The third kappa shape index (κ3) is 4.46. The lowest BCUT2D eigenvalue weighted by Crippen LogP contribution is -2.42. The fourth-order valence-corrected chi connectivity index (χ4v) is 4.96. The number of benzene rings is 2. The van der Waals surface area contributed by atoms with E-state index < -0.39 is 5.41 Å². The second kappa shape index (κ2) is 8.84. The normalized spacial score (nSPS) is 18.5. The molecule has 0 spiro atoms. The van der Waals surface area contributed by atoms with Crippen molar-refractivity contribution in [2.24, 2.45) is 11.1 Å². The van der Waals surface area contributed by atoms with Crippen LogP contribution in [0.15, 0.2) is 72.1 Å². The summed E-state index contributed by atoms with van der Waals surface area (Å²) in [4.78, 5) is 28.3. The highest BCUT2D eigenvalue weighted by Gasteiger charge is 2.44. The van der Waals surface area contributed by atoms with Crippen LogP contribution < -0.4 is 5.73 Å². The molecule has 5 heteroatoms. The van der Waals surface area contributed by atoms with E-state index in [0.717, 1.165) is 16.7 Å². The summed E-state index contributed by atoms with van der Waals surface area (Å²) in [5.74, 6) is -0.225. The first-order chi connectivity index (χ1) is 14.6. The van der Waals surface area contributed by atoms with E-state index in [1.165, 1.54) is 4.88 Å². The van der Waals surface area contributed by atoms with Crippen molar-refractivity contribution in [2.45, 2.75) is 25.7 Å². The van der Waals surface area contributed by atoms with Gasteiger partial charge in [0.1, 0.15) is 0 Å². The van der Waals surface area contributed by atoms with E-state index in [4.69, 9.17) is 5.73 Å². The van der Waals surface area contributed by atoms with Crippen molar-refractivity contribution in [1.29, 1.82) is 0 Å². The lowest BCUT2D eigenvalue weighted by molar-refractivity contribution is -0.132. The van der Waals surface area contributed by atoms with Crippen LogP contribution in [0.1, 0.15) is 24.0 Å². The number of primary amides is 1. The lowest BCUT2D eigenvalue weighted by atomic mass is 9.80. The second-order valence-electron chi connectivity index (χ2n) is 8.05. The number of likely N-dealkylation sites (tertiary alicyclic amines) is 1. The Morgan fingerprint density at radius 3 is 2.53 bits per heavy atom. The Kier molecular flexibility index (Phi) is 6.00. The minimum absolute atomic E-state index is 0.0920. The molecule has 0 aliphatic carbocycles. The number of carbonyl (C=O) groups is 2.